The smallest absolute Gasteiger partial charge is 0.180 e. The molecule has 2 aliphatic rings. The molecule has 1 spiro atoms. The molecule has 1 unspecified atom stereocenters. The third kappa shape index (κ3) is 3.21. The van der Waals surface area contributed by atoms with Gasteiger partial charge in [-0.05, 0) is 12.8 Å². The molecule has 1 aliphatic heterocycles. The average Bonchev–Trinajstić information content (AvgIpc) is 2.74. The fourth-order valence-electron chi connectivity index (χ4n) is 2.75. The number of alkyl halides is 1. The summed E-state index contributed by atoms with van der Waals surface area (Å²) in [6.07, 6.45) is 11.6. The van der Waals surface area contributed by atoms with E-state index in [0.717, 1.165) is 19.6 Å². The molecule has 1 aliphatic carbocycles. The van der Waals surface area contributed by atoms with Gasteiger partial charge in [-0.3, -0.25) is 0 Å². The van der Waals surface area contributed by atoms with Gasteiger partial charge in [-0.2, -0.15) is 0 Å². The predicted octanol–water partition coefficient (Wildman–Crippen LogP) is 4.02. The Labute approximate surface area is 107 Å². The first kappa shape index (κ1) is 12.8. The number of ether oxygens (including phenoxy) is 2. The molecule has 1 saturated heterocycles. The Hall–Kier alpha value is 0.400. The maximum Gasteiger partial charge on any atom is 0.180 e. The second kappa shape index (κ2) is 6.36. The molecule has 3 heteroatoms. The van der Waals surface area contributed by atoms with Crippen LogP contribution in [-0.4, -0.2) is 23.8 Å². The molecule has 1 heterocycles. The van der Waals surface area contributed by atoms with Crippen molar-refractivity contribution in [2.75, 3.05) is 13.2 Å². The first-order valence-electron chi connectivity index (χ1n) is 6.75. The van der Waals surface area contributed by atoms with Gasteiger partial charge in [-0.25, -0.2) is 0 Å². The molecule has 0 aromatic heterocycles. The summed E-state index contributed by atoms with van der Waals surface area (Å²) in [5.41, 5.74) is 0. The van der Waals surface area contributed by atoms with Crippen LogP contribution in [0.25, 0.3) is 0 Å². The molecule has 16 heavy (non-hydrogen) atoms. The maximum absolute atomic E-state index is 5.90. The van der Waals surface area contributed by atoms with Crippen molar-refractivity contribution in [1.29, 1.82) is 0 Å². The zero-order valence-electron chi connectivity index (χ0n) is 10.0. The molecule has 2 rings (SSSR count). The van der Waals surface area contributed by atoms with Gasteiger partial charge in [0.05, 0.1) is 18.0 Å². The molecule has 0 aromatic carbocycles. The highest BCUT2D eigenvalue weighted by Gasteiger charge is 2.42. The molecule has 94 valence electrons. The van der Waals surface area contributed by atoms with Crippen LogP contribution in [-0.2, 0) is 9.47 Å². The Kier molecular flexibility index (Phi) is 5.11. The minimum atomic E-state index is -0.301. The van der Waals surface area contributed by atoms with Gasteiger partial charge in [0.1, 0.15) is 0 Å². The van der Waals surface area contributed by atoms with Gasteiger partial charge < -0.3 is 9.47 Å². The van der Waals surface area contributed by atoms with Gasteiger partial charge in [0.25, 0.3) is 0 Å². The van der Waals surface area contributed by atoms with Crippen molar-refractivity contribution >= 4 is 15.9 Å². The predicted molar refractivity (Wildman–Crippen MR) is 68.9 cm³/mol. The monoisotopic (exact) mass is 290 g/mol. The van der Waals surface area contributed by atoms with E-state index in [1.807, 2.05) is 0 Å². The van der Waals surface area contributed by atoms with Crippen LogP contribution >= 0.6 is 15.9 Å². The van der Waals surface area contributed by atoms with Gasteiger partial charge >= 0.3 is 0 Å². The van der Waals surface area contributed by atoms with Crippen molar-refractivity contribution < 1.29 is 9.47 Å². The average molecular weight is 291 g/mol. The molecule has 1 saturated carbocycles. The third-order valence-electron chi connectivity index (χ3n) is 3.74. The Bertz CT molecular complexity index is 202. The van der Waals surface area contributed by atoms with Crippen LogP contribution in [0.4, 0.5) is 0 Å². The molecule has 0 bridgehead atoms. The Morgan fingerprint density at radius 2 is 1.38 bits per heavy atom. The van der Waals surface area contributed by atoms with Crippen molar-refractivity contribution in [2.45, 2.75) is 68.4 Å². The molecule has 0 aromatic rings. The number of rotatable bonds is 0. The lowest BCUT2D eigenvalue weighted by Gasteiger charge is -2.32. The summed E-state index contributed by atoms with van der Waals surface area (Å²) in [7, 11) is 0. The summed E-state index contributed by atoms with van der Waals surface area (Å²) >= 11 is 3.79. The van der Waals surface area contributed by atoms with Crippen molar-refractivity contribution in [2.24, 2.45) is 0 Å². The van der Waals surface area contributed by atoms with E-state index in [4.69, 9.17) is 9.47 Å². The zero-order chi connectivity index (χ0) is 11.3. The Morgan fingerprint density at radius 1 is 0.812 bits per heavy atom. The van der Waals surface area contributed by atoms with E-state index in [9.17, 15) is 0 Å². The lowest BCUT2D eigenvalue weighted by molar-refractivity contribution is -0.162. The molecule has 0 amide bonds. The van der Waals surface area contributed by atoms with Crippen LogP contribution in [0, 0.1) is 0 Å². The quantitative estimate of drug-likeness (QED) is 0.628. The first-order valence-corrected chi connectivity index (χ1v) is 7.67. The second-order valence-corrected chi connectivity index (χ2v) is 6.10. The van der Waals surface area contributed by atoms with E-state index >= 15 is 0 Å². The zero-order valence-corrected chi connectivity index (χ0v) is 11.6. The van der Waals surface area contributed by atoms with Crippen LogP contribution in [0.3, 0.4) is 0 Å². The van der Waals surface area contributed by atoms with Gasteiger partial charge in [-0.1, -0.05) is 54.5 Å². The van der Waals surface area contributed by atoms with E-state index in [2.05, 4.69) is 15.9 Å². The highest BCUT2D eigenvalue weighted by Crippen LogP contribution is 2.37. The molecular weight excluding hydrogens is 268 g/mol. The number of hydrogen-bond acceptors (Lipinski definition) is 2. The van der Waals surface area contributed by atoms with E-state index in [1.54, 1.807) is 0 Å². The molecular formula is C13H23BrO2. The highest BCUT2D eigenvalue weighted by atomic mass is 79.9. The van der Waals surface area contributed by atoms with Crippen LogP contribution < -0.4 is 0 Å². The number of hydrogen-bond donors (Lipinski definition) is 0. The summed E-state index contributed by atoms with van der Waals surface area (Å²) < 4.78 is 11.8. The van der Waals surface area contributed by atoms with Crippen LogP contribution in [0.2, 0.25) is 0 Å². The number of halogens is 1. The maximum atomic E-state index is 5.90. The van der Waals surface area contributed by atoms with Crippen molar-refractivity contribution in [3.8, 4) is 0 Å². The Balaban J connectivity index is 1.95. The molecule has 1 atom stereocenters. The first-order chi connectivity index (χ1) is 7.83. The fraction of sp³-hybridized carbons (Fsp3) is 1.00. The van der Waals surface area contributed by atoms with Crippen molar-refractivity contribution in [1.82, 2.24) is 0 Å². The van der Waals surface area contributed by atoms with Crippen LogP contribution in [0.15, 0.2) is 0 Å². The highest BCUT2D eigenvalue weighted by molar-refractivity contribution is 9.09. The van der Waals surface area contributed by atoms with Crippen LogP contribution in [0.1, 0.15) is 57.8 Å². The van der Waals surface area contributed by atoms with E-state index in [-0.39, 0.29) is 5.79 Å². The largest absolute Gasteiger partial charge is 0.346 e. The summed E-state index contributed by atoms with van der Waals surface area (Å²) in [5, 5.41) is 0. The Morgan fingerprint density at radius 3 is 2.06 bits per heavy atom. The van der Waals surface area contributed by atoms with E-state index in [0.29, 0.717) is 4.83 Å². The minimum absolute atomic E-state index is 0.301. The van der Waals surface area contributed by atoms with Crippen molar-refractivity contribution in [3.63, 3.8) is 0 Å². The van der Waals surface area contributed by atoms with Gasteiger partial charge in [0.15, 0.2) is 5.79 Å². The lowest BCUT2D eigenvalue weighted by atomic mass is 10.0. The summed E-state index contributed by atoms with van der Waals surface area (Å²) in [4.78, 5) is 0.376. The molecule has 2 nitrogen and oxygen atoms in total. The lowest BCUT2D eigenvalue weighted by Crippen LogP contribution is -2.40. The van der Waals surface area contributed by atoms with E-state index in [1.165, 1.54) is 51.4 Å². The SMILES string of the molecule is BrC1CCCCCCCCCC12OCCO2. The summed E-state index contributed by atoms with van der Waals surface area (Å²) in [6.45, 7) is 1.53. The minimum Gasteiger partial charge on any atom is -0.346 e. The molecule has 0 N–H and O–H groups in total. The van der Waals surface area contributed by atoms with Gasteiger partial charge in [-0.15, -0.1) is 0 Å². The second-order valence-electron chi connectivity index (χ2n) is 4.99. The van der Waals surface area contributed by atoms with Crippen LogP contribution in [0.5, 0.6) is 0 Å². The topological polar surface area (TPSA) is 18.5 Å². The van der Waals surface area contributed by atoms with Gasteiger partial charge in [0, 0.05) is 6.42 Å². The summed E-state index contributed by atoms with van der Waals surface area (Å²) in [5.74, 6) is -0.301. The van der Waals surface area contributed by atoms with Crippen molar-refractivity contribution in [3.05, 3.63) is 0 Å². The van der Waals surface area contributed by atoms with Gasteiger partial charge in [0.2, 0.25) is 0 Å². The standard InChI is InChI=1S/C13H23BrO2/c14-12-8-6-4-2-1-3-5-7-9-13(12)15-10-11-16-13/h12H,1-11H2. The third-order valence-corrected chi connectivity index (χ3v) is 4.89. The van der Waals surface area contributed by atoms with E-state index < -0.39 is 0 Å². The molecule has 2 fully saturated rings. The fourth-order valence-corrected chi connectivity index (χ4v) is 3.57. The normalized spacial score (nSPS) is 32.4. The molecule has 0 radical (unpaired) electrons. The summed E-state index contributed by atoms with van der Waals surface area (Å²) in [6, 6.07) is 0.